The number of thiocarbonyl (C=S) groups is 1. The number of hydrazine groups is 1. The first-order valence-corrected chi connectivity index (χ1v) is 10.4. The normalized spacial score (nSPS) is 10.4. The molecule has 9 heteroatoms. The van der Waals surface area contributed by atoms with Crippen molar-refractivity contribution in [2.24, 2.45) is 5.92 Å². The van der Waals surface area contributed by atoms with E-state index in [9.17, 15) is 9.59 Å². The van der Waals surface area contributed by atoms with Gasteiger partial charge < -0.3 is 4.74 Å². The summed E-state index contributed by atoms with van der Waals surface area (Å²) in [7, 11) is 0. The topological polar surface area (TPSA) is 79.5 Å². The lowest BCUT2D eigenvalue weighted by molar-refractivity contribution is -0.121. The summed E-state index contributed by atoms with van der Waals surface area (Å²) in [5, 5.41) is 3.09. The molecule has 0 unspecified atom stereocenters. The maximum atomic E-state index is 12.6. The van der Waals surface area contributed by atoms with Crippen molar-refractivity contribution in [3.8, 4) is 5.75 Å². The highest BCUT2D eigenvalue weighted by Gasteiger charge is 2.15. The van der Waals surface area contributed by atoms with Gasteiger partial charge in [0.25, 0.3) is 5.91 Å². The number of ether oxygens (including phenoxy) is 1. The molecule has 0 aliphatic heterocycles. The van der Waals surface area contributed by atoms with E-state index in [1.807, 2.05) is 13.8 Å². The van der Waals surface area contributed by atoms with Gasteiger partial charge in [-0.3, -0.25) is 25.8 Å². The Labute approximate surface area is 188 Å². The number of hydrogen-bond acceptors (Lipinski definition) is 4. The molecule has 0 spiro atoms. The van der Waals surface area contributed by atoms with E-state index in [1.54, 1.807) is 42.5 Å². The highest BCUT2D eigenvalue weighted by Crippen LogP contribution is 2.23. The van der Waals surface area contributed by atoms with Crippen molar-refractivity contribution in [1.29, 1.82) is 0 Å². The van der Waals surface area contributed by atoms with Crippen LogP contribution in [0.3, 0.4) is 0 Å². The number of amides is 2. The van der Waals surface area contributed by atoms with Gasteiger partial charge in [-0.25, -0.2) is 0 Å². The smallest absolute Gasteiger partial charge is 0.261 e. The van der Waals surface area contributed by atoms with E-state index in [2.05, 4.69) is 32.1 Å². The summed E-state index contributed by atoms with van der Waals surface area (Å²) in [6, 6.07) is 12.1. The summed E-state index contributed by atoms with van der Waals surface area (Å²) in [6.45, 7) is 4.51. The Bertz CT molecular complexity index is 891. The van der Waals surface area contributed by atoms with E-state index < -0.39 is 5.91 Å². The number of benzene rings is 2. The molecular weight excluding hydrogens is 478 g/mol. The van der Waals surface area contributed by atoms with Crippen LogP contribution < -0.4 is 20.9 Å². The van der Waals surface area contributed by atoms with Crippen molar-refractivity contribution in [2.75, 3.05) is 6.61 Å². The molecular formula is C20H21BrClN3O3S. The zero-order valence-electron chi connectivity index (χ0n) is 15.9. The predicted octanol–water partition coefficient (Wildman–Crippen LogP) is 4.02. The fourth-order valence-electron chi connectivity index (χ4n) is 2.22. The maximum absolute atomic E-state index is 12.6. The van der Waals surface area contributed by atoms with Gasteiger partial charge in [0.1, 0.15) is 5.75 Å². The molecule has 6 nitrogen and oxygen atoms in total. The zero-order valence-corrected chi connectivity index (χ0v) is 19.1. The van der Waals surface area contributed by atoms with Crippen molar-refractivity contribution in [3.63, 3.8) is 0 Å². The molecule has 154 valence electrons. The number of halogens is 2. The Morgan fingerprint density at radius 1 is 1.14 bits per heavy atom. The van der Waals surface area contributed by atoms with Crippen molar-refractivity contribution in [2.45, 2.75) is 20.3 Å². The zero-order chi connectivity index (χ0) is 21.4. The SMILES string of the molecule is CC(C)COc1ccc(Br)cc1C(=O)NC(=S)NNC(=O)Cc1ccc(Cl)cc1. The summed E-state index contributed by atoms with van der Waals surface area (Å²) in [5.41, 5.74) is 6.10. The third kappa shape index (κ3) is 8.00. The summed E-state index contributed by atoms with van der Waals surface area (Å²) >= 11 is 14.3. The van der Waals surface area contributed by atoms with Crippen LogP contribution in [0.4, 0.5) is 0 Å². The van der Waals surface area contributed by atoms with Crippen molar-refractivity contribution >= 4 is 56.7 Å². The highest BCUT2D eigenvalue weighted by atomic mass is 79.9. The molecule has 2 amide bonds. The number of carbonyl (C=O) groups excluding carboxylic acids is 2. The Balaban J connectivity index is 1.90. The van der Waals surface area contributed by atoms with Crippen molar-refractivity contribution in [1.82, 2.24) is 16.2 Å². The van der Waals surface area contributed by atoms with Crippen LogP contribution in [0.5, 0.6) is 5.75 Å². The minimum atomic E-state index is -0.450. The monoisotopic (exact) mass is 497 g/mol. The Morgan fingerprint density at radius 2 is 1.83 bits per heavy atom. The van der Waals surface area contributed by atoms with Gasteiger partial charge in [-0.1, -0.05) is 53.5 Å². The van der Waals surface area contributed by atoms with Crippen molar-refractivity contribution in [3.05, 3.63) is 63.1 Å². The molecule has 0 aliphatic carbocycles. The van der Waals surface area contributed by atoms with Crippen LogP contribution in [-0.2, 0) is 11.2 Å². The van der Waals surface area contributed by atoms with Crippen LogP contribution >= 0.6 is 39.7 Å². The number of hydrogen-bond donors (Lipinski definition) is 3. The molecule has 2 rings (SSSR count). The van der Waals surface area contributed by atoms with Gasteiger partial charge in [0.15, 0.2) is 5.11 Å². The highest BCUT2D eigenvalue weighted by molar-refractivity contribution is 9.10. The minimum absolute atomic E-state index is 0.0331. The number of rotatable bonds is 6. The molecule has 0 saturated heterocycles. The second kappa shape index (κ2) is 11.1. The van der Waals surface area contributed by atoms with Crippen LogP contribution in [0.2, 0.25) is 5.02 Å². The van der Waals surface area contributed by atoms with Gasteiger partial charge in [-0.15, -0.1) is 0 Å². The lowest BCUT2D eigenvalue weighted by Gasteiger charge is -2.15. The van der Waals surface area contributed by atoms with E-state index in [0.29, 0.717) is 28.9 Å². The number of nitrogens with one attached hydrogen (secondary N) is 3. The van der Waals surface area contributed by atoms with Gasteiger partial charge in [0.2, 0.25) is 5.91 Å². The van der Waals surface area contributed by atoms with E-state index >= 15 is 0 Å². The van der Waals surface area contributed by atoms with E-state index in [0.717, 1.165) is 10.0 Å². The predicted molar refractivity (Wildman–Crippen MR) is 121 cm³/mol. The molecule has 0 aromatic heterocycles. The van der Waals surface area contributed by atoms with Crippen LogP contribution in [0.15, 0.2) is 46.9 Å². The summed E-state index contributed by atoms with van der Waals surface area (Å²) in [5.74, 6) is 0.00367. The average Bonchev–Trinajstić information content (AvgIpc) is 2.67. The van der Waals surface area contributed by atoms with Gasteiger partial charge in [-0.2, -0.15) is 0 Å². The fourth-order valence-corrected chi connectivity index (χ4v) is 2.85. The summed E-state index contributed by atoms with van der Waals surface area (Å²) < 4.78 is 6.44. The summed E-state index contributed by atoms with van der Waals surface area (Å²) in [4.78, 5) is 24.6. The molecule has 2 aromatic carbocycles. The Morgan fingerprint density at radius 3 is 2.48 bits per heavy atom. The van der Waals surface area contributed by atoms with Crippen molar-refractivity contribution < 1.29 is 14.3 Å². The first-order chi connectivity index (χ1) is 13.7. The molecule has 0 saturated carbocycles. The molecule has 29 heavy (non-hydrogen) atoms. The molecule has 0 bridgehead atoms. The Hall–Kier alpha value is -2.16. The van der Waals surface area contributed by atoms with Gasteiger partial charge in [0.05, 0.1) is 18.6 Å². The van der Waals surface area contributed by atoms with Crippen LogP contribution in [0, 0.1) is 5.92 Å². The average molecular weight is 499 g/mol. The van der Waals surface area contributed by atoms with Gasteiger partial charge >= 0.3 is 0 Å². The third-order valence-corrected chi connectivity index (χ3v) is 4.53. The number of carbonyl (C=O) groups is 2. The lowest BCUT2D eigenvalue weighted by atomic mass is 10.1. The first kappa shape index (κ1) is 23.1. The quantitative estimate of drug-likeness (QED) is 0.414. The second-order valence-corrected chi connectivity index (χ2v) is 8.37. The first-order valence-electron chi connectivity index (χ1n) is 8.81. The van der Waals surface area contributed by atoms with Crippen LogP contribution in [-0.4, -0.2) is 23.5 Å². The lowest BCUT2D eigenvalue weighted by Crippen LogP contribution is -2.48. The van der Waals surface area contributed by atoms with E-state index in [4.69, 9.17) is 28.6 Å². The third-order valence-electron chi connectivity index (χ3n) is 3.58. The minimum Gasteiger partial charge on any atom is -0.492 e. The standard InChI is InChI=1S/C20H21BrClN3O3S/c1-12(2)11-28-17-8-5-14(21)10-16(17)19(27)23-20(29)25-24-18(26)9-13-3-6-15(22)7-4-13/h3-8,10,12H,9,11H2,1-2H3,(H,24,26)(H2,23,25,27,29). The summed E-state index contributed by atoms with van der Waals surface area (Å²) in [6.07, 6.45) is 0.138. The molecule has 2 aromatic rings. The van der Waals surface area contributed by atoms with Crippen LogP contribution in [0.1, 0.15) is 29.8 Å². The molecule has 0 aliphatic rings. The molecule has 0 fully saturated rings. The van der Waals surface area contributed by atoms with E-state index in [1.165, 1.54) is 0 Å². The van der Waals surface area contributed by atoms with Gasteiger partial charge in [0, 0.05) is 9.50 Å². The molecule has 0 radical (unpaired) electrons. The molecule has 0 heterocycles. The van der Waals surface area contributed by atoms with Gasteiger partial charge in [-0.05, 0) is 54.0 Å². The second-order valence-electron chi connectivity index (χ2n) is 6.60. The van der Waals surface area contributed by atoms with Crippen LogP contribution in [0.25, 0.3) is 0 Å². The largest absolute Gasteiger partial charge is 0.492 e. The van der Waals surface area contributed by atoms with E-state index in [-0.39, 0.29) is 17.4 Å². The molecule has 0 atom stereocenters. The Kier molecular flexibility index (Phi) is 8.88. The molecule has 3 N–H and O–H groups in total. The fraction of sp³-hybridized carbons (Fsp3) is 0.250. The maximum Gasteiger partial charge on any atom is 0.261 e.